The molecule has 0 bridgehead atoms. The molecule has 1 unspecified atom stereocenters. The fraction of sp³-hybridized carbons (Fsp3) is 0.435. The van der Waals surface area contributed by atoms with Gasteiger partial charge in [0.25, 0.3) is 0 Å². The monoisotopic (exact) mass is 485 g/mol. The third kappa shape index (κ3) is 4.14. The number of fused-ring (bicyclic) bond motifs is 1. The molecule has 33 heavy (non-hydrogen) atoms. The zero-order valence-electron chi connectivity index (χ0n) is 17.9. The van der Waals surface area contributed by atoms with Crippen LogP contribution in [-0.4, -0.2) is 49.3 Å². The highest BCUT2D eigenvalue weighted by atomic mass is 35.5. The maximum Gasteiger partial charge on any atom is 0.141 e. The first kappa shape index (κ1) is 21.1. The van der Waals surface area contributed by atoms with E-state index in [1.165, 1.54) is 4.88 Å². The Bertz CT molecular complexity index is 1270. The zero-order chi connectivity index (χ0) is 22.4. The Morgan fingerprint density at radius 1 is 1.24 bits per heavy atom. The van der Waals surface area contributed by atoms with Crippen LogP contribution in [0, 0.1) is 5.92 Å². The molecule has 1 saturated carbocycles. The van der Waals surface area contributed by atoms with Gasteiger partial charge in [0, 0.05) is 18.1 Å². The molecule has 1 aliphatic carbocycles. The first-order valence-electron chi connectivity index (χ1n) is 11.2. The van der Waals surface area contributed by atoms with Crippen molar-refractivity contribution in [2.45, 2.75) is 37.7 Å². The zero-order valence-corrected chi connectivity index (χ0v) is 19.5. The maximum atomic E-state index is 11.2. The van der Waals surface area contributed by atoms with Gasteiger partial charge in [0.1, 0.15) is 28.7 Å². The number of rotatable bonds is 7. The van der Waals surface area contributed by atoms with Crippen LogP contribution in [0.15, 0.2) is 36.9 Å². The van der Waals surface area contributed by atoms with Crippen LogP contribution in [0.25, 0.3) is 10.5 Å². The molecule has 2 fully saturated rings. The van der Waals surface area contributed by atoms with Gasteiger partial charge in [-0.1, -0.05) is 16.8 Å². The summed E-state index contributed by atoms with van der Waals surface area (Å²) in [5, 5.41) is 20.2. The van der Waals surface area contributed by atoms with Gasteiger partial charge in [-0.3, -0.25) is 4.40 Å². The van der Waals surface area contributed by atoms with E-state index in [1.807, 2.05) is 22.7 Å². The number of thiazole rings is 1. The molecule has 0 radical (unpaired) electrons. The van der Waals surface area contributed by atoms with Crippen molar-refractivity contribution >= 4 is 27.8 Å². The SMILES string of the molecule is OC(c1cn(-c2ccc(OCC3CCOCC3)c(Cl)c2)nn1)c1c(C2CC2)sc2cncn12. The van der Waals surface area contributed by atoms with Gasteiger partial charge in [-0.05, 0) is 55.7 Å². The summed E-state index contributed by atoms with van der Waals surface area (Å²) in [7, 11) is 0. The smallest absolute Gasteiger partial charge is 0.141 e. The van der Waals surface area contributed by atoms with Crippen molar-refractivity contribution < 1.29 is 14.6 Å². The van der Waals surface area contributed by atoms with E-state index >= 15 is 0 Å². The lowest BCUT2D eigenvalue weighted by Gasteiger charge is -2.22. The quantitative estimate of drug-likeness (QED) is 0.417. The van der Waals surface area contributed by atoms with Crippen LogP contribution >= 0.6 is 22.9 Å². The molecule has 1 aliphatic heterocycles. The van der Waals surface area contributed by atoms with Gasteiger partial charge in [-0.15, -0.1) is 16.4 Å². The molecule has 172 valence electrons. The molecule has 10 heteroatoms. The molecule has 4 aromatic rings. The van der Waals surface area contributed by atoms with E-state index in [2.05, 4.69) is 15.3 Å². The van der Waals surface area contributed by atoms with Crippen molar-refractivity contribution in [2.75, 3.05) is 19.8 Å². The van der Waals surface area contributed by atoms with E-state index in [-0.39, 0.29) is 0 Å². The Morgan fingerprint density at radius 3 is 2.88 bits per heavy atom. The van der Waals surface area contributed by atoms with Crippen LogP contribution in [0.2, 0.25) is 5.02 Å². The summed E-state index contributed by atoms with van der Waals surface area (Å²) >= 11 is 8.19. The number of ether oxygens (including phenoxy) is 2. The number of hydrogen-bond acceptors (Lipinski definition) is 7. The van der Waals surface area contributed by atoms with E-state index in [0.29, 0.717) is 34.9 Å². The van der Waals surface area contributed by atoms with Crippen molar-refractivity contribution in [3.05, 3.63) is 58.2 Å². The van der Waals surface area contributed by atoms with E-state index in [1.54, 1.807) is 34.6 Å². The third-order valence-corrected chi connectivity index (χ3v) is 7.89. The lowest BCUT2D eigenvalue weighted by Crippen LogP contribution is -2.21. The highest BCUT2D eigenvalue weighted by molar-refractivity contribution is 7.17. The summed E-state index contributed by atoms with van der Waals surface area (Å²) in [5.41, 5.74) is 2.09. The fourth-order valence-electron chi connectivity index (χ4n) is 4.27. The van der Waals surface area contributed by atoms with Gasteiger partial charge < -0.3 is 14.6 Å². The Balaban J connectivity index is 1.21. The van der Waals surface area contributed by atoms with Crippen molar-refractivity contribution in [1.82, 2.24) is 24.4 Å². The second-order valence-corrected chi connectivity index (χ2v) is 10.2. The number of imidazole rings is 1. The summed E-state index contributed by atoms with van der Waals surface area (Å²) in [6.45, 7) is 2.22. The maximum absolute atomic E-state index is 11.2. The van der Waals surface area contributed by atoms with E-state index in [9.17, 15) is 5.11 Å². The average Bonchev–Trinajstić information content (AvgIpc) is 3.22. The molecule has 1 aromatic carbocycles. The summed E-state index contributed by atoms with van der Waals surface area (Å²) in [4.78, 5) is 6.46. The van der Waals surface area contributed by atoms with Gasteiger partial charge in [0.2, 0.25) is 0 Å². The highest BCUT2D eigenvalue weighted by Gasteiger charge is 2.33. The summed E-state index contributed by atoms with van der Waals surface area (Å²) in [5.74, 6) is 1.66. The Hall–Kier alpha value is -2.46. The molecular weight excluding hydrogens is 462 g/mol. The van der Waals surface area contributed by atoms with Gasteiger partial charge in [-0.2, -0.15) is 0 Å². The molecular formula is C23H24ClN5O3S. The molecule has 1 atom stereocenters. The van der Waals surface area contributed by atoms with Crippen LogP contribution in [0.4, 0.5) is 0 Å². The molecule has 8 nitrogen and oxygen atoms in total. The number of benzene rings is 1. The molecule has 4 heterocycles. The Morgan fingerprint density at radius 2 is 2.09 bits per heavy atom. The number of aliphatic hydroxyl groups excluding tert-OH is 1. The van der Waals surface area contributed by atoms with Crippen LogP contribution in [0.5, 0.6) is 5.75 Å². The number of nitrogens with zero attached hydrogens (tertiary/aromatic N) is 5. The molecule has 2 aliphatic rings. The third-order valence-electron chi connectivity index (χ3n) is 6.32. The fourth-order valence-corrected chi connectivity index (χ4v) is 5.79. The first-order valence-corrected chi connectivity index (χ1v) is 12.4. The van der Waals surface area contributed by atoms with Gasteiger partial charge in [0.05, 0.1) is 35.4 Å². The largest absolute Gasteiger partial charge is 0.492 e. The minimum Gasteiger partial charge on any atom is -0.492 e. The lowest BCUT2D eigenvalue weighted by atomic mass is 10.0. The van der Waals surface area contributed by atoms with E-state index in [0.717, 1.165) is 55.1 Å². The van der Waals surface area contributed by atoms with Crippen LogP contribution < -0.4 is 4.74 Å². The average molecular weight is 486 g/mol. The van der Waals surface area contributed by atoms with Gasteiger partial charge in [-0.25, -0.2) is 9.67 Å². The number of aromatic nitrogens is 5. The standard InChI is InChI=1S/C23H24ClN5O3S/c24-17-9-16(3-4-19(17)32-12-14-5-7-31-8-6-14)29-11-18(26-27-29)22(30)21-23(15-1-2-15)33-20-10-25-13-28(20)21/h3-4,9-11,13-15,22,30H,1-2,5-8,12H2. The number of hydrogen-bond donors (Lipinski definition) is 1. The van der Waals surface area contributed by atoms with E-state index < -0.39 is 6.10 Å². The Kier molecular flexibility index (Phi) is 5.57. The lowest BCUT2D eigenvalue weighted by molar-refractivity contribution is 0.0498. The first-order chi connectivity index (χ1) is 16.2. The van der Waals surface area contributed by atoms with Crippen molar-refractivity contribution in [3.63, 3.8) is 0 Å². The Labute approximate surface area is 199 Å². The molecule has 1 N–H and O–H groups in total. The number of halogens is 1. The second kappa shape index (κ2) is 8.72. The second-order valence-electron chi connectivity index (χ2n) is 8.70. The van der Waals surface area contributed by atoms with Crippen LogP contribution in [0.1, 0.15) is 54.0 Å². The predicted molar refractivity (Wildman–Crippen MR) is 125 cm³/mol. The van der Waals surface area contributed by atoms with Crippen LogP contribution in [0.3, 0.4) is 0 Å². The van der Waals surface area contributed by atoms with Crippen molar-refractivity contribution in [1.29, 1.82) is 0 Å². The topological polar surface area (TPSA) is 86.7 Å². The summed E-state index contributed by atoms with van der Waals surface area (Å²) < 4.78 is 14.9. The van der Waals surface area contributed by atoms with Crippen molar-refractivity contribution in [3.8, 4) is 11.4 Å². The molecule has 1 saturated heterocycles. The summed E-state index contributed by atoms with van der Waals surface area (Å²) in [6.07, 6.45) is 8.79. The van der Waals surface area contributed by atoms with Gasteiger partial charge >= 0.3 is 0 Å². The van der Waals surface area contributed by atoms with Crippen LogP contribution in [-0.2, 0) is 4.74 Å². The minimum atomic E-state index is -0.880. The summed E-state index contributed by atoms with van der Waals surface area (Å²) in [6, 6.07) is 5.55. The predicted octanol–water partition coefficient (Wildman–Crippen LogP) is 4.39. The van der Waals surface area contributed by atoms with Gasteiger partial charge in [0.15, 0.2) is 0 Å². The van der Waals surface area contributed by atoms with Crippen molar-refractivity contribution in [2.24, 2.45) is 5.92 Å². The molecule has 6 rings (SSSR count). The normalized spacial score (nSPS) is 18.1. The molecule has 3 aromatic heterocycles. The number of aliphatic hydroxyl groups is 1. The highest BCUT2D eigenvalue weighted by Crippen LogP contribution is 2.47. The molecule has 0 spiro atoms. The minimum absolute atomic E-state index is 0.487. The van der Waals surface area contributed by atoms with E-state index in [4.69, 9.17) is 21.1 Å². The molecule has 0 amide bonds.